The predicted octanol–water partition coefficient (Wildman–Crippen LogP) is 3.50. The molecule has 5 nitrogen and oxygen atoms in total. The summed E-state index contributed by atoms with van der Waals surface area (Å²) in [7, 11) is 0. The fourth-order valence-electron chi connectivity index (χ4n) is 3.27. The number of nitrogens with zero attached hydrogens (tertiary/aromatic N) is 1. The van der Waals surface area contributed by atoms with Crippen molar-refractivity contribution in [3.63, 3.8) is 0 Å². The number of Topliss-reactive ketones (excluding diaryl/α,β-unsaturated/α-hetero) is 1. The van der Waals surface area contributed by atoms with E-state index < -0.39 is 5.92 Å². The van der Waals surface area contributed by atoms with Crippen LogP contribution in [0.4, 0.5) is 11.4 Å². The Morgan fingerprint density at radius 1 is 1.04 bits per heavy atom. The van der Waals surface area contributed by atoms with E-state index in [-0.39, 0.29) is 24.0 Å². The van der Waals surface area contributed by atoms with Crippen LogP contribution in [0.2, 0.25) is 0 Å². The van der Waals surface area contributed by atoms with Crippen LogP contribution in [0, 0.1) is 19.8 Å². The molecule has 0 aliphatic carbocycles. The van der Waals surface area contributed by atoms with Crippen LogP contribution in [-0.2, 0) is 9.59 Å². The molecule has 134 valence electrons. The summed E-state index contributed by atoms with van der Waals surface area (Å²) < 4.78 is 0. The van der Waals surface area contributed by atoms with Crippen LogP contribution in [0.25, 0.3) is 0 Å². The molecule has 0 bridgehead atoms. The van der Waals surface area contributed by atoms with Crippen LogP contribution in [0.15, 0.2) is 42.5 Å². The highest BCUT2D eigenvalue weighted by Crippen LogP contribution is 2.27. The molecular weight excluding hydrogens is 328 g/mol. The van der Waals surface area contributed by atoms with E-state index in [9.17, 15) is 14.4 Å². The van der Waals surface area contributed by atoms with Gasteiger partial charge in [0.2, 0.25) is 11.8 Å². The van der Waals surface area contributed by atoms with Crippen molar-refractivity contribution in [1.82, 2.24) is 0 Å². The van der Waals surface area contributed by atoms with Gasteiger partial charge in [-0.15, -0.1) is 0 Å². The molecule has 0 unspecified atom stereocenters. The molecule has 0 saturated carbocycles. The number of amides is 2. The molecule has 1 aliphatic rings. The van der Waals surface area contributed by atoms with Gasteiger partial charge < -0.3 is 10.2 Å². The number of hydrogen-bond acceptors (Lipinski definition) is 3. The van der Waals surface area contributed by atoms with Crippen molar-refractivity contribution in [1.29, 1.82) is 0 Å². The van der Waals surface area contributed by atoms with E-state index in [1.54, 1.807) is 29.2 Å². The predicted molar refractivity (Wildman–Crippen MR) is 101 cm³/mol. The summed E-state index contributed by atoms with van der Waals surface area (Å²) in [6.07, 6.45) is 0.199. The molecule has 26 heavy (non-hydrogen) atoms. The minimum atomic E-state index is -0.393. The van der Waals surface area contributed by atoms with Crippen molar-refractivity contribution < 1.29 is 14.4 Å². The molecule has 1 heterocycles. The minimum absolute atomic E-state index is 0.0200. The smallest absolute Gasteiger partial charge is 0.229 e. The number of benzene rings is 2. The monoisotopic (exact) mass is 350 g/mol. The first-order chi connectivity index (χ1) is 12.3. The summed E-state index contributed by atoms with van der Waals surface area (Å²) in [6, 6.07) is 12.7. The summed E-state index contributed by atoms with van der Waals surface area (Å²) in [6.45, 7) is 5.86. The Labute approximate surface area is 153 Å². The third-order valence-corrected chi connectivity index (χ3v) is 4.57. The lowest BCUT2D eigenvalue weighted by molar-refractivity contribution is -0.122. The lowest BCUT2D eigenvalue weighted by Gasteiger charge is -2.18. The Balaban J connectivity index is 1.69. The van der Waals surface area contributed by atoms with Gasteiger partial charge in [0.25, 0.3) is 0 Å². The first kappa shape index (κ1) is 17.9. The first-order valence-corrected chi connectivity index (χ1v) is 8.64. The number of ketones is 1. The van der Waals surface area contributed by atoms with Crippen LogP contribution in [0.1, 0.15) is 34.8 Å². The van der Waals surface area contributed by atoms with Crippen molar-refractivity contribution in [2.75, 3.05) is 16.8 Å². The third kappa shape index (κ3) is 3.82. The van der Waals surface area contributed by atoms with Gasteiger partial charge in [0.1, 0.15) is 0 Å². The van der Waals surface area contributed by atoms with Crippen molar-refractivity contribution in [2.24, 2.45) is 5.92 Å². The number of anilines is 2. The molecule has 1 aliphatic heterocycles. The molecule has 0 aromatic heterocycles. The van der Waals surface area contributed by atoms with Crippen molar-refractivity contribution >= 4 is 29.0 Å². The molecule has 5 heteroatoms. The molecule has 1 saturated heterocycles. The zero-order valence-corrected chi connectivity index (χ0v) is 15.2. The molecule has 0 spiro atoms. The SMILES string of the molecule is CC(=O)c1ccc(NC(=O)[C@@H]2CC(=O)N(c3cc(C)cc(C)c3)C2)cc1. The quantitative estimate of drug-likeness (QED) is 0.858. The highest BCUT2D eigenvalue weighted by Gasteiger charge is 2.35. The second-order valence-electron chi connectivity index (χ2n) is 6.87. The van der Waals surface area contributed by atoms with E-state index in [4.69, 9.17) is 0 Å². The summed E-state index contributed by atoms with van der Waals surface area (Å²) >= 11 is 0. The van der Waals surface area contributed by atoms with Gasteiger partial charge in [-0.3, -0.25) is 14.4 Å². The number of carbonyl (C=O) groups is 3. The second-order valence-corrected chi connectivity index (χ2v) is 6.87. The van der Waals surface area contributed by atoms with E-state index >= 15 is 0 Å². The van der Waals surface area contributed by atoms with Crippen molar-refractivity contribution in [2.45, 2.75) is 27.2 Å². The zero-order chi connectivity index (χ0) is 18.8. The molecule has 0 radical (unpaired) electrons. The van der Waals surface area contributed by atoms with E-state index in [0.717, 1.165) is 16.8 Å². The summed E-state index contributed by atoms with van der Waals surface area (Å²) in [4.78, 5) is 37.9. The van der Waals surface area contributed by atoms with Crippen LogP contribution < -0.4 is 10.2 Å². The number of rotatable bonds is 4. The molecule has 2 aromatic carbocycles. The molecule has 1 fully saturated rings. The molecule has 3 rings (SSSR count). The van der Waals surface area contributed by atoms with E-state index in [1.807, 2.05) is 26.0 Å². The fraction of sp³-hybridized carbons (Fsp3) is 0.286. The molecule has 1 atom stereocenters. The maximum atomic E-state index is 12.5. The Bertz CT molecular complexity index is 851. The van der Waals surface area contributed by atoms with Crippen LogP contribution in [0.5, 0.6) is 0 Å². The molecule has 1 N–H and O–H groups in total. The maximum Gasteiger partial charge on any atom is 0.229 e. The first-order valence-electron chi connectivity index (χ1n) is 8.64. The Morgan fingerprint density at radius 2 is 1.65 bits per heavy atom. The number of hydrogen-bond donors (Lipinski definition) is 1. The minimum Gasteiger partial charge on any atom is -0.326 e. The van der Waals surface area contributed by atoms with Crippen molar-refractivity contribution in [3.8, 4) is 0 Å². The average molecular weight is 350 g/mol. The zero-order valence-electron chi connectivity index (χ0n) is 15.2. The van der Waals surface area contributed by atoms with Gasteiger partial charge in [-0.2, -0.15) is 0 Å². The average Bonchev–Trinajstić information content (AvgIpc) is 2.96. The van der Waals surface area contributed by atoms with Gasteiger partial charge >= 0.3 is 0 Å². The van der Waals surface area contributed by atoms with E-state index in [2.05, 4.69) is 11.4 Å². The highest BCUT2D eigenvalue weighted by molar-refractivity contribution is 6.03. The van der Waals surface area contributed by atoms with Gasteiger partial charge in [0.15, 0.2) is 5.78 Å². The van der Waals surface area contributed by atoms with E-state index in [0.29, 0.717) is 17.8 Å². The number of nitrogens with one attached hydrogen (secondary N) is 1. The number of aryl methyl sites for hydroxylation is 2. The van der Waals surface area contributed by atoms with Crippen molar-refractivity contribution in [3.05, 3.63) is 59.2 Å². The largest absolute Gasteiger partial charge is 0.326 e. The van der Waals surface area contributed by atoms with E-state index in [1.165, 1.54) is 6.92 Å². The third-order valence-electron chi connectivity index (χ3n) is 4.57. The standard InChI is InChI=1S/C21H22N2O3/c1-13-8-14(2)10-19(9-13)23-12-17(11-20(23)25)21(26)22-18-6-4-16(5-7-18)15(3)24/h4-10,17H,11-12H2,1-3H3,(H,22,26)/t17-/m1/s1. The summed E-state index contributed by atoms with van der Waals surface area (Å²) in [5.74, 6) is -0.632. The summed E-state index contributed by atoms with van der Waals surface area (Å²) in [5.41, 5.74) is 4.24. The second kappa shape index (κ2) is 7.12. The van der Waals surface area contributed by atoms with Gasteiger partial charge in [-0.1, -0.05) is 6.07 Å². The Hall–Kier alpha value is -2.95. The summed E-state index contributed by atoms with van der Waals surface area (Å²) in [5, 5.41) is 2.84. The highest BCUT2D eigenvalue weighted by atomic mass is 16.2. The van der Waals surface area contributed by atoms with Gasteiger partial charge in [-0.25, -0.2) is 0 Å². The Kier molecular flexibility index (Phi) is 4.89. The van der Waals surface area contributed by atoms with Gasteiger partial charge in [-0.05, 0) is 68.3 Å². The lowest BCUT2D eigenvalue weighted by atomic mass is 10.1. The van der Waals surface area contributed by atoms with Gasteiger partial charge in [0, 0.05) is 29.9 Å². The topological polar surface area (TPSA) is 66.5 Å². The van der Waals surface area contributed by atoms with Crippen LogP contribution in [-0.4, -0.2) is 24.1 Å². The molecular formula is C21H22N2O3. The number of carbonyl (C=O) groups excluding carboxylic acids is 3. The molecule has 2 aromatic rings. The lowest BCUT2D eigenvalue weighted by Crippen LogP contribution is -2.28. The van der Waals surface area contributed by atoms with Crippen LogP contribution >= 0.6 is 0 Å². The molecule has 2 amide bonds. The Morgan fingerprint density at radius 3 is 2.23 bits per heavy atom. The van der Waals surface area contributed by atoms with Gasteiger partial charge in [0.05, 0.1) is 5.92 Å². The van der Waals surface area contributed by atoms with Crippen LogP contribution in [0.3, 0.4) is 0 Å². The fourth-order valence-corrected chi connectivity index (χ4v) is 3.27. The maximum absolute atomic E-state index is 12.5. The normalized spacial score (nSPS) is 16.7.